The Bertz CT molecular complexity index is 759. The van der Waals surface area contributed by atoms with Crippen molar-refractivity contribution in [2.45, 2.75) is 70.6 Å². The molecule has 2 unspecified atom stereocenters. The Morgan fingerprint density at radius 2 is 1.70 bits per heavy atom. The number of thioether (sulfide) groups is 1. The molecule has 2 saturated carbocycles. The second kappa shape index (κ2) is 7.96. The van der Waals surface area contributed by atoms with Gasteiger partial charge in [0, 0.05) is 10.3 Å². The maximum Gasteiger partial charge on any atom is 0.230 e. The average Bonchev–Trinajstić information content (AvgIpc) is 3.03. The zero-order valence-electron chi connectivity index (χ0n) is 16.2. The zero-order valence-corrected chi connectivity index (χ0v) is 18.5. The van der Waals surface area contributed by atoms with E-state index in [4.69, 9.17) is 23.2 Å². The van der Waals surface area contributed by atoms with Gasteiger partial charge in [-0.25, -0.2) is 0 Å². The minimum absolute atomic E-state index is 0.0194. The van der Waals surface area contributed by atoms with Gasteiger partial charge in [0.2, 0.25) is 5.91 Å². The van der Waals surface area contributed by atoms with Gasteiger partial charge in [0.1, 0.15) is 0 Å². The van der Waals surface area contributed by atoms with Gasteiger partial charge < -0.3 is 5.32 Å². The lowest BCUT2D eigenvalue weighted by atomic mass is 9.67. The van der Waals surface area contributed by atoms with Crippen molar-refractivity contribution in [3.05, 3.63) is 22.2 Å². The van der Waals surface area contributed by atoms with Gasteiger partial charge in [-0.2, -0.15) is 0 Å². The summed E-state index contributed by atoms with van der Waals surface area (Å²) < 4.78 is 0. The van der Waals surface area contributed by atoms with Crippen molar-refractivity contribution < 1.29 is 9.59 Å². The monoisotopic (exact) mass is 427 g/mol. The molecule has 1 N–H and O–H groups in total. The van der Waals surface area contributed by atoms with Gasteiger partial charge in [-0.15, -0.1) is 0 Å². The molecule has 148 valence electrons. The molecule has 1 amide bonds. The summed E-state index contributed by atoms with van der Waals surface area (Å²) in [6.45, 7) is 5.63. The first kappa shape index (κ1) is 21.0. The Morgan fingerprint density at radius 3 is 2.41 bits per heavy atom. The van der Waals surface area contributed by atoms with Gasteiger partial charge in [-0.3, -0.25) is 9.59 Å². The van der Waals surface area contributed by atoms with Crippen LogP contribution in [-0.2, 0) is 9.59 Å². The number of carbonyl (C=O) groups excluding carboxylic acids is 2. The molecule has 0 aliphatic heterocycles. The van der Waals surface area contributed by atoms with Crippen LogP contribution in [0.3, 0.4) is 0 Å². The summed E-state index contributed by atoms with van der Waals surface area (Å²) in [4.78, 5) is 26.5. The number of carbonyl (C=O) groups is 2. The summed E-state index contributed by atoms with van der Waals surface area (Å²) in [5.74, 6) is 0.550. The maximum atomic E-state index is 13.3. The topological polar surface area (TPSA) is 46.2 Å². The highest BCUT2D eigenvalue weighted by Gasteiger charge is 2.49. The molecule has 2 aliphatic rings. The summed E-state index contributed by atoms with van der Waals surface area (Å²) in [6, 6.07) is 3.35. The van der Waals surface area contributed by atoms with E-state index >= 15 is 0 Å². The molecular weight excluding hydrogens is 401 g/mol. The van der Waals surface area contributed by atoms with Gasteiger partial charge in [0.25, 0.3) is 0 Å². The third kappa shape index (κ3) is 4.33. The van der Waals surface area contributed by atoms with E-state index in [1.54, 1.807) is 12.1 Å². The molecule has 0 radical (unpaired) electrons. The summed E-state index contributed by atoms with van der Waals surface area (Å²) in [6.07, 6.45) is 7.62. The van der Waals surface area contributed by atoms with Crippen LogP contribution >= 0.6 is 35.0 Å². The van der Waals surface area contributed by atoms with Gasteiger partial charge >= 0.3 is 0 Å². The lowest BCUT2D eigenvalue weighted by Gasteiger charge is -2.38. The van der Waals surface area contributed by atoms with Crippen LogP contribution in [0.1, 0.15) is 65.7 Å². The second-order valence-electron chi connectivity index (χ2n) is 8.85. The lowest BCUT2D eigenvalue weighted by Crippen LogP contribution is -2.41. The van der Waals surface area contributed by atoms with Crippen LogP contribution in [0.4, 0.5) is 5.69 Å². The van der Waals surface area contributed by atoms with Crippen molar-refractivity contribution in [2.75, 3.05) is 5.32 Å². The molecule has 27 heavy (non-hydrogen) atoms. The molecule has 3 rings (SSSR count). The SMILES string of the molecule is CC(C)(C)C(=O)Sc1cc(Cl)c(Cl)cc1NC(=O)C12CCCCC1CCC2. The Balaban J connectivity index is 1.88. The third-order valence-corrected chi connectivity index (χ3v) is 8.00. The molecule has 2 fully saturated rings. The standard InChI is InChI=1S/C21H27Cl2NO2S/c1-20(2,3)19(26)27-17-12-15(23)14(22)11-16(17)24-18(25)21-9-5-4-7-13(21)8-6-10-21/h11-13H,4-10H2,1-3H3,(H,24,25). The van der Waals surface area contributed by atoms with Crippen molar-refractivity contribution in [1.82, 2.24) is 0 Å². The number of anilines is 1. The number of fused-ring (bicyclic) bond motifs is 1. The Hall–Kier alpha value is -0.710. The molecule has 0 saturated heterocycles. The summed E-state index contributed by atoms with van der Waals surface area (Å²) >= 11 is 13.5. The molecule has 0 aromatic heterocycles. The number of rotatable bonds is 3. The van der Waals surface area contributed by atoms with Crippen LogP contribution in [0.5, 0.6) is 0 Å². The highest BCUT2D eigenvalue weighted by Crippen LogP contribution is 2.53. The molecule has 1 aromatic carbocycles. The second-order valence-corrected chi connectivity index (χ2v) is 10.7. The highest BCUT2D eigenvalue weighted by molar-refractivity contribution is 8.13. The zero-order chi connectivity index (χ0) is 19.8. The van der Waals surface area contributed by atoms with E-state index in [9.17, 15) is 9.59 Å². The molecule has 3 nitrogen and oxygen atoms in total. The Kier molecular flexibility index (Phi) is 6.20. The van der Waals surface area contributed by atoms with Crippen molar-refractivity contribution in [3.63, 3.8) is 0 Å². The molecule has 0 heterocycles. The van der Waals surface area contributed by atoms with E-state index in [2.05, 4.69) is 5.32 Å². The smallest absolute Gasteiger partial charge is 0.230 e. The fourth-order valence-electron chi connectivity index (χ4n) is 4.35. The normalized spacial score (nSPS) is 25.1. The minimum atomic E-state index is -0.489. The van der Waals surface area contributed by atoms with Gasteiger partial charge in [-0.05, 0) is 55.5 Å². The van der Waals surface area contributed by atoms with Crippen LogP contribution in [0.2, 0.25) is 10.0 Å². The van der Waals surface area contributed by atoms with Crippen molar-refractivity contribution in [2.24, 2.45) is 16.7 Å². The molecule has 2 atom stereocenters. The number of benzene rings is 1. The van der Waals surface area contributed by atoms with Crippen molar-refractivity contribution in [3.8, 4) is 0 Å². The van der Waals surface area contributed by atoms with E-state index in [0.29, 0.717) is 26.5 Å². The Morgan fingerprint density at radius 1 is 1.07 bits per heavy atom. The quantitative estimate of drug-likeness (QED) is 0.530. The molecule has 0 spiro atoms. The molecule has 0 bridgehead atoms. The maximum absolute atomic E-state index is 13.3. The largest absolute Gasteiger partial charge is 0.325 e. The molecule has 2 aliphatic carbocycles. The predicted octanol–water partition coefficient (Wildman–Crippen LogP) is 6.96. The number of hydrogen-bond acceptors (Lipinski definition) is 3. The number of halogens is 2. The van der Waals surface area contributed by atoms with E-state index < -0.39 is 5.41 Å². The van der Waals surface area contributed by atoms with Gasteiger partial charge in [-0.1, -0.05) is 63.2 Å². The van der Waals surface area contributed by atoms with Crippen LogP contribution < -0.4 is 5.32 Å². The van der Waals surface area contributed by atoms with Crippen molar-refractivity contribution in [1.29, 1.82) is 0 Å². The highest BCUT2D eigenvalue weighted by atomic mass is 35.5. The lowest BCUT2D eigenvalue weighted by molar-refractivity contribution is -0.129. The van der Waals surface area contributed by atoms with Crippen molar-refractivity contribution >= 4 is 51.7 Å². The minimum Gasteiger partial charge on any atom is -0.325 e. The summed E-state index contributed by atoms with van der Waals surface area (Å²) in [5.41, 5.74) is -0.167. The van der Waals surface area contributed by atoms with Gasteiger partial charge in [0.15, 0.2) is 5.12 Å². The fraction of sp³-hybridized carbons (Fsp3) is 0.619. The molecule has 6 heteroatoms. The number of hydrogen-bond donors (Lipinski definition) is 1. The first-order chi connectivity index (χ1) is 12.6. The van der Waals surface area contributed by atoms with Crippen LogP contribution in [0.15, 0.2) is 17.0 Å². The first-order valence-corrected chi connectivity index (χ1v) is 11.2. The van der Waals surface area contributed by atoms with Gasteiger partial charge in [0.05, 0.1) is 21.1 Å². The fourth-order valence-corrected chi connectivity index (χ4v) is 5.64. The van der Waals surface area contributed by atoms with E-state index in [1.165, 1.54) is 6.42 Å². The van der Waals surface area contributed by atoms with E-state index in [0.717, 1.165) is 50.3 Å². The third-order valence-electron chi connectivity index (χ3n) is 5.92. The van der Waals surface area contributed by atoms with Crippen LogP contribution in [-0.4, -0.2) is 11.0 Å². The first-order valence-electron chi connectivity index (χ1n) is 9.66. The molecule has 1 aromatic rings. The average molecular weight is 428 g/mol. The summed E-state index contributed by atoms with van der Waals surface area (Å²) in [7, 11) is 0. The van der Waals surface area contributed by atoms with Crippen LogP contribution in [0.25, 0.3) is 0 Å². The predicted molar refractivity (Wildman–Crippen MR) is 114 cm³/mol. The van der Waals surface area contributed by atoms with E-state index in [-0.39, 0.29) is 16.4 Å². The van der Waals surface area contributed by atoms with Crippen LogP contribution in [0, 0.1) is 16.7 Å². The Labute approximate surface area is 175 Å². The molecular formula is C21H27Cl2NO2S. The number of amides is 1. The number of nitrogens with one attached hydrogen (secondary N) is 1. The van der Waals surface area contributed by atoms with E-state index in [1.807, 2.05) is 20.8 Å². The summed E-state index contributed by atoms with van der Waals surface area (Å²) in [5, 5.41) is 3.89.